The van der Waals surface area contributed by atoms with Crippen molar-refractivity contribution in [1.82, 2.24) is 14.7 Å². The number of nitrogens with one attached hydrogen (secondary N) is 2. The number of urea groups is 1. The Morgan fingerprint density at radius 2 is 1.83 bits per heavy atom. The van der Waals surface area contributed by atoms with Crippen LogP contribution < -0.4 is 10.6 Å². The number of carbonyl (C=O) groups excluding carboxylic acids is 2. The number of hydrogen-bond acceptors (Lipinski definition) is 4. The van der Waals surface area contributed by atoms with Gasteiger partial charge >= 0.3 is 6.03 Å². The third kappa shape index (κ3) is 6.59. The van der Waals surface area contributed by atoms with E-state index >= 15 is 0 Å². The largest absolute Gasteiger partial charge is 0.383 e. The SMILES string of the molecule is CCc1ccc(NC(=O)N(CCOC)CC(=O)Nc2cc(C(C)(C)C)nn2C)cc1. The van der Waals surface area contributed by atoms with Gasteiger partial charge in [0.05, 0.1) is 12.3 Å². The maximum Gasteiger partial charge on any atom is 0.322 e. The van der Waals surface area contributed by atoms with Crippen LogP contribution in [0.3, 0.4) is 0 Å². The molecule has 8 nitrogen and oxygen atoms in total. The van der Waals surface area contributed by atoms with Gasteiger partial charge in [0.1, 0.15) is 12.4 Å². The number of ether oxygens (including phenoxy) is 1. The van der Waals surface area contributed by atoms with Crippen molar-refractivity contribution < 1.29 is 14.3 Å². The highest BCUT2D eigenvalue weighted by molar-refractivity contribution is 5.96. The quantitative estimate of drug-likeness (QED) is 0.692. The van der Waals surface area contributed by atoms with Gasteiger partial charge in [-0.25, -0.2) is 4.79 Å². The number of aromatic nitrogens is 2. The van der Waals surface area contributed by atoms with Gasteiger partial charge < -0.3 is 20.3 Å². The highest BCUT2D eigenvalue weighted by Crippen LogP contribution is 2.23. The molecule has 0 aliphatic rings. The standard InChI is InChI=1S/C22H33N5O3/c1-7-16-8-10-17(11-9-16)23-21(29)27(12-13-30-6)15-20(28)24-19-14-18(22(2,3)4)25-26(19)5/h8-11,14H,7,12-13,15H2,1-6H3,(H,23,29)(H,24,28). The maximum absolute atomic E-state index is 12.7. The molecule has 0 fully saturated rings. The normalized spacial score (nSPS) is 11.3. The van der Waals surface area contributed by atoms with Crippen LogP contribution in [0.1, 0.15) is 39.0 Å². The second kappa shape index (κ2) is 10.2. The molecule has 0 aliphatic carbocycles. The Morgan fingerprint density at radius 1 is 1.17 bits per heavy atom. The van der Waals surface area contributed by atoms with Gasteiger partial charge in [0, 0.05) is 37.9 Å². The molecule has 2 rings (SSSR count). The summed E-state index contributed by atoms with van der Waals surface area (Å²) in [6, 6.07) is 9.15. The summed E-state index contributed by atoms with van der Waals surface area (Å²) in [7, 11) is 3.34. The molecule has 0 bridgehead atoms. The first-order valence-corrected chi connectivity index (χ1v) is 10.1. The van der Waals surface area contributed by atoms with Crippen LogP contribution >= 0.6 is 0 Å². The lowest BCUT2D eigenvalue weighted by molar-refractivity contribution is -0.116. The van der Waals surface area contributed by atoms with Crippen LogP contribution in [0, 0.1) is 0 Å². The van der Waals surface area contributed by atoms with Gasteiger partial charge in [-0.2, -0.15) is 5.10 Å². The summed E-state index contributed by atoms with van der Waals surface area (Å²) >= 11 is 0. The fourth-order valence-electron chi connectivity index (χ4n) is 2.79. The molecule has 1 aromatic carbocycles. The number of hydrogen-bond donors (Lipinski definition) is 2. The fraction of sp³-hybridized carbons (Fsp3) is 0.500. The number of anilines is 2. The van der Waals surface area contributed by atoms with Crippen molar-refractivity contribution in [3.63, 3.8) is 0 Å². The molecule has 30 heavy (non-hydrogen) atoms. The van der Waals surface area contributed by atoms with Crippen molar-refractivity contribution in [3.05, 3.63) is 41.6 Å². The van der Waals surface area contributed by atoms with Crippen molar-refractivity contribution in [1.29, 1.82) is 0 Å². The first-order valence-electron chi connectivity index (χ1n) is 10.1. The van der Waals surface area contributed by atoms with Crippen LogP contribution in [-0.2, 0) is 28.4 Å². The van der Waals surface area contributed by atoms with Crippen molar-refractivity contribution >= 4 is 23.4 Å². The number of rotatable bonds is 8. The molecule has 1 heterocycles. The molecule has 0 atom stereocenters. The summed E-state index contributed by atoms with van der Waals surface area (Å²) < 4.78 is 6.73. The Balaban J connectivity index is 2.04. The molecule has 8 heteroatoms. The first-order chi connectivity index (χ1) is 14.1. The molecule has 0 radical (unpaired) electrons. The van der Waals surface area contributed by atoms with E-state index in [0.29, 0.717) is 24.7 Å². The van der Waals surface area contributed by atoms with Crippen molar-refractivity contribution in [3.8, 4) is 0 Å². The first kappa shape index (κ1) is 23.4. The van der Waals surface area contributed by atoms with Crippen molar-refractivity contribution in [2.75, 3.05) is 37.4 Å². The third-order valence-electron chi connectivity index (χ3n) is 4.72. The number of carbonyl (C=O) groups is 2. The van der Waals surface area contributed by atoms with Gasteiger partial charge in [0.15, 0.2) is 0 Å². The molecule has 2 aromatic rings. The van der Waals surface area contributed by atoms with Crippen molar-refractivity contribution in [2.45, 2.75) is 39.5 Å². The zero-order valence-corrected chi connectivity index (χ0v) is 18.8. The minimum atomic E-state index is -0.355. The molecular weight excluding hydrogens is 382 g/mol. The van der Waals surface area contributed by atoms with Gasteiger partial charge in [-0.15, -0.1) is 0 Å². The zero-order chi connectivity index (χ0) is 22.3. The molecule has 2 N–H and O–H groups in total. The molecule has 0 saturated carbocycles. The number of aryl methyl sites for hydroxylation is 2. The molecule has 0 saturated heterocycles. The lowest BCUT2D eigenvalue weighted by Gasteiger charge is -2.22. The molecule has 0 aliphatic heterocycles. The lowest BCUT2D eigenvalue weighted by atomic mass is 9.92. The number of amides is 3. The topological polar surface area (TPSA) is 88.5 Å². The summed E-state index contributed by atoms with van der Waals surface area (Å²) in [5, 5.41) is 10.1. The molecule has 3 amide bonds. The Hall–Kier alpha value is -2.87. The van der Waals surface area contributed by atoms with Crippen LogP contribution in [0.25, 0.3) is 0 Å². The minimum Gasteiger partial charge on any atom is -0.383 e. The van der Waals surface area contributed by atoms with E-state index in [-0.39, 0.29) is 23.9 Å². The fourth-order valence-corrected chi connectivity index (χ4v) is 2.79. The van der Waals surface area contributed by atoms with Gasteiger partial charge in [-0.05, 0) is 24.1 Å². The van der Waals surface area contributed by atoms with E-state index in [2.05, 4.69) is 43.4 Å². The molecular formula is C22H33N5O3. The Labute approximate surface area is 178 Å². The summed E-state index contributed by atoms with van der Waals surface area (Å²) in [5.41, 5.74) is 2.62. The van der Waals surface area contributed by atoms with E-state index in [1.165, 1.54) is 10.5 Å². The summed E-state index contributed by atoms with van der Waals surface area (Å²) in [4.78, 5) is 26.8. The van der Waals surface area contributed by atoms with Crippen molar-refractivity contribution in [2.24, 2.45) is 7.05 Å². The molecule has 0 spiro atoms. The van der Waals surface area contributed by atoms with Gasteiger partial charge in [-0.3, -0.25) is 9.48 Å². The van der Waals surface area contributed by atoms with E-state index < -0.39 is 0 Å². The maximum atomic E-state index is 12.7. The predicted molar refractivity (Wildman–Crippen MR) is 119 cm³/mol. The predicted octanol–water partition coefficient (Wildman–Crippen LogP) is 3.40. The third-order valence-corrected chi connectivity index (χ3v) is 4.72. The summed E-state index contributed by atoms with van der Waals surface area (Å²) in [5.74, 6) is 0.290. The minimum absolute atomic E-state index is 0.0989. The second-order valence-corrected chi connectivity index (χ2v) is 8.23. The Morgan fingerprint density at radius 3 is 2.37 bits per heavy atom. The summed E-state index contributed by atoms with van der Waals surface area (Å²) in [6.45, 7) is 8.78. The van der Waals surface area contributed by atoms with Crippen LogP contribution in [0.5, 0.6) is 0 Å². The van der Waals surface area contributed by atoms with E-state index in [4.69, 9.17) is 4.74 Å². The van der Waals surface area contributed by atoms with Crippen LogP contribution in [0.4, 0.5) is 16.3 Å². The number of nitrogens with zero attached hydrogens (tertiary/aromatic N) is 3. The van der Waals surface area contributed by atoms with E-state index in [9.17, 15) is 9.59 Å². The van der Waals surface area contributed by atoms with Crippen LogP contribution in [0.2, 0.25) is 0 Å². The van der Waals surface area contributed by atoms with Gasteiger partial charge in [0.2, 0.25) is 5.91 Å². The molecule has 0 unspecified atom stereocenters. The average molecular weight is 416 g/mol. The van der Waals surface area contributed by atoms with Gasteiger partial charge in [0.25, 0.3) is 0 Å². The van der Waals surface area contributed by atoms with Crippen LogP contribution in [0.15, 0.2) is 30.3 Å². The average Bonchev–Trinajstić information content (AvgIpc) is 3.06. The highest BCUT2D eigenvalue weighted by Gasteiger charge is 2.21. The number of methoxy groups -OCH3 is 1. The lowest BCUT2D eigenvalue weighted by Crippen LogP contribution is -2.42. The van der Waals surface area contributed by atoms with E-state index in [0.717, 1.165) is 12.1 Å². The van der Waals surface area contributed by atoms with E-state index in [1.54, 1.807) is 18.8 Å². The van der Waals surface area contributed by atoms with E-state index in [1.807, 2.05) is 30.3 Å². The Bertz CT molecular complexity index is 853. The molecule has 164 valence electrons. The Kier molecular flexibility index (Phi) is 8.00. The van der Waals surface area contributed by atoms with Crippen LogP contribution in [-0.4, -0.2) is 53.4 Å². The van der Waals surface area contributed by atoms with Gasteiger partial charge in [-0.1, -0.05) is 39.8 Å². The smallest absolute Gasteiger partial charge is 0.322 e. The highest BCUT2D eigenvalue weighted by atomic mass is 16.5. The zero-order valence-electron chi connectivity index (χ0n) is 18.8. The summed E-state index contributed by atoms with van der Waals surface area (Å²) in [6.07, 6.45) is 0.930. The molecule has 1 aromatic heterocycles. The number of benzene rings is 1. The monoisotopic (exact) mass is 415 g/mol. The second-order valence-electron chi connectivity index (χ2n) is 8.23.